The fourth-order valence-corrected chi connectivity index (χ4v) is 2.80. The normalized spacial score (nSPS) is 12.2. The zero-order chi connectivity index (χ0) is 17.7. The third-order valence-corrected chi connectivity index (χ3v) is 3.96. The van der Waals surface area contributed by atoms with Crippen molar-refractivity contribution in [2.75, 3.05) is 13.7 Å². The number of nitrogens with one attached hydrogen (secondary N) is 1. The molecule has 0 saturated heterocycles. The van der Waals surface area contributed by atoms with E-state index in [9.17, 15) is 14.7 Å². The van der Waals surface area contributed by atoms with Gasteiger partial charge in [0, 0.05) is 17.5 Å². The Morgan fingerprint density at radius 3 is 2.38 bits per heavy atom. The molecule has 1 unspecified atom stereocenters. The largest absolute Gasteiger partial charge is 0.496 e. The van der Waals surface area contributed by atoms with E-state index in [2.05, 4.69) is 5.32 Å². The first-order chi connectivity index (χ1) is 11.4. The summed E-state index contributed by atoms with van der Waals surface area (Å²) in [6.45, 7) is 4.05. The summed E-state index contributed by atoms with van der Waals surface area (Å²) in [5.74, 6) is -0.791. The molecule has 1 amide bonds. The van der Waals surface area contributed by atoms with E-state index < -0.39 is 11.9 Å². The highest BCUT2D eigenvalue weighted by Crippen LogP contribution is 2.28. The maximum Gasteiger partial charge on any atom is 0.308 e. The zero-order valence-electron chi connectivity index (χ0n) is 14.2. The summed E-state index contributed by atoms with van der Waals surface area (Å²) in [5.41, 5.74) is 0.514. The van der Waals surface area contributed by atoms with Gasteiger partial charge in [0.2, 0.25) is 0 Å². The molecule has 0 aliphatic rings. The van der Waals surface area contributed by atoms with Crippen molar-refractivity contribution in [3.8, 4) is 5.75 Å². The average molecular weight is 329 g/mol. The molecule has 0 heterocycles. The van der Waals surface area contributed by atoms with Gasteiger partial charge in [-0.05, 0) is 29.9 Å². The summed E-state index contributed by atoms with van der Waals surface area (Å²) in [5, 5.41) is 13.7. The predicted molar refractivity (Wildman–Crippen MR) is 93.4 cm³/mol. The zero-order valence-corrected chi connectivity index (χ0v) is 14.2. The number of carbonyl (C=O) groups excluding carboxylic acids is 1. The fourth-order valence-electron chi connectivity index (χ4n) is 2.80. The van der Waals surface area contributed by atoms with Gasteiger partial charge >= 0.3 is 5.97 Å². The number of carbonyl (C=O) groups is 2. The van der Waals surface area contributed by atoms with Crippen molar-refractivity contribution in [2.24, 2.45) is 11.8 Å². The first-order valence-corrected chi connectivity index (χ1v) is 8.00. The van der Waals surface area contributed by atoms with Crippen molar-refractivity contribution < 1.29 is 19.4 Å². The van der Waals surface area contributed by atoms with E-state index in [4.69, 9.17) is 4.74 Å². The third kappa shape index (κ3) is 4.04. The fraction of sp³-hybridized carbons (Fsp3) is 0.368. The molecular weight excluding hydrogens is 306 g/mol. The molecule has 2 rings (SSSR count). The Labute approximate surface area is 141 Å². The van der Waals surface area contributed by atoms with E-state index in [1.165, 1.54) is 0 Å². The molecule has 128 valence electrons. The van der Waals surface area contributed by atoms with E-state index in [0.29, 0.717) is 17.7 Å². The van der Waals surface area contributed by atoms with Crippen LogP contribution in [0.2, 0.25) is 0 Å². The van der Waals surface area contributed by atoms with E-state index in [0.717, 1.165) is 10.8 Å². The molecule has 5 heteroatoms. The lowest BCUT2D eigenvalue weighted by molar-refractivity contribution is -0.142. The van der Waals surface area contributed by atoms with Crippen LogP contribution in [0.15, 0.2) is 36.4 Å². The number of carboxylic acids is 1. The molecule has 2 aromatic rings. The van der Waals surface area contributed by atoms with Gasteiger partial charge in [0.25, 0.3) is 5.91 Å². The van der Waals surface area contributed by atoms with Crippen molar-refractivity contribution in [3.63, 3.8) is 0 Å². The van der Waals surface area contributed by atoms with Crippen LogP contribution in [-0.4, -0.2) is 30.6 Å². The standard InChI is InChI=1S/C19H23NO4/c1-12(2)10-13(19(22)23)11-20-18(21)16-8-9-17(24-3)15-7-5-4-6-14(15)16/h4-9,12-13H,10-11H2,1-3H3,(H,20,21)(H,22,23). The molecule has 24 heavy (non-hydrogen) atoms. The van der Waals surface area contributed by atoms with Crippen LogP contribution >= 0.6 is 0 Å². The van der Waals surface area contributed by atoms with Crippen LogP contribution in [0.25, 0.3) is 10.8 Å². The van der Waals surface area contributed by atoms with E-state index in [1.54, 1.807) is 19.2 Å². The summed E-state index contributed by atoms with van der Waals surface area (Å²) in [7, 11) is 1.59. The second-order valence-corrected chi connectivity index (χ2v) is 6.24. The number of ether oxygens (including phenoxy) is 1. The number of carboxylic acid groups (broad SMARTS) is 1. The summed E-state index contributed by atoms with van der Waals surface area (Å²) in [6.07, 6.45) is 0.527. The highest BCUT2D eigenvalue weighted by molar-refractivity contribution is 6.08. The molecule has 0 bridgehead atoms. The number of hydrogen-bond donors (Lipinski definition) is 2. The molecule has 0 aliphatic heterocycles. The molecule has 0 radical (unpaired) electrons. The number of methoxy groups -OCH3 is 1. The Bertz CT molecular complexity index is 739. The number of hydrogen-bond acceptors (Lipinski definition) is 3. The van der Waals surface area contributed by atoms with Crippen LogP contribution in [0.3, 0.4) is 0 Å². The van der Waals surface area contributed by atoms with Crippen molar-refractivity contribution in [2.45, 2.75) is 20.3 Å². The minimum atomic E-state index is -0.886. The second kappa shape index (κ2) is 7.81. The number of aliphatic carboxylic acids is 1. The van der Waals surface area contributed by atoms with Crippen LogP contribution in [0, 0.1) is 11.8 Å². The van der Waals surface area contributed by atoms with Gasteiger partial charge in [-0.3, -0.25) is 9.59 Å². The first kappa shape index (κ1) is 17.8. The van der Waals surface area contributed by atoms with Crippen LogP contribution in [0.4, 0.5) is 0 Å². The molecule has 2 N–H and O–H groups in total. The topological polar surface area (TPSA) is 75.6 Å². The number of amides is 1. The molecule has 0 spiro atoms. The minimum absolute atomic E-state index is 0.118. The Balaban J connectivity index is 2.21. The van der Waals surface area contributed by atoms with Crippen molar-refractivity contribution >= 4 is 22.6 Å². The van der Waals surface area contributed by atoms with E-state index in [-0.39, 0.29) is 18.4 Å². The molecule has 0 aliphatic carbocycles. The third-order valence-electron chi connectivity index (χ3n) is 3.96. The van der Waals surface area contributed by atoms with Crippen LogP contribution < -0.4 is 10.1 Å². The highest BCUT2D eigenvalue weighted by Gasteiger charge is 2.20. The van der Waals surface area contributed by atoms with Crippen molar-refractivity contribution in [1.82, 2.24) is 5.32 Å². The summed E-state index contributed by atoms with van der Waals surface area (Å²) in [6, 6.07) is 10.9. The second-order valence-electron chi connectivity index (χ2n) is 6.24. The summed E-state index contributed by atoms with van der Waals surface area (Å²) < 4.78 is 5.33. The molecule has 0 aromatic heterocycles. The minimum Gasteiger partial charge on any atom is -0.496 e. The van der Waals surface area contributed by atoms with Gasteiger partial charge < -0.3 is 15.2 Å². The maximum absolute atomic E-state index is 12.5. The van der Waals surface area contributed by atoms with Gasteiger partial charge in [-0.25, -0.2) is 0 Å². The number of rotatable bonds is 7. The number of benzene rings is 2. The van der Waals surface area contributed by atoms with Crippen LogP contribution in [0.1, 0.15) is 30.6 Å². The van der Waals surface area contributed by atoms with Crippen LogP contribution in [0.5, 0.6) is 5.75 Å². The Morgan fingerprint density at radius 1 is 1.12 bits per heavy atom. The molecule has 1 atom stereocenters. The molecule has 2 aromatic carbocycles. The quantitative estimate of drug-likeness (QED) is 0.817. The van der Waals surface area contributed by atoms with Crippen molar-refractivity contribution in [3.05, 3.63) is 42.0 Å². The molecule has 0 saturated carbocycles. The maximum atomic E-state index is 12.5. The molecular formula is C19H23NO4. The average Bonchev–Trinajstić information content (AvgIpc) is 2.56. The summed E-state index contributed by atoms with van der Waals surface area (Å²) >= 11 is 0. The van der Waals surface area contributed by atoms with Gasteiger partial charge in [0.15, 0.2) is 0 Å². The Hall–Kier alpha value is -2.56. The van der Waals surface area contributed by atoms with Gasteiger partial charge in [-0.2, -0.15) is 0 Å². The Kier molecular flexibility index (Phi) is 5.79. The molecule has 0 fully saturated rings. The van der Waals surface area contributed by atoms with Gasteiger partial charge in [0.1, 0.15) is 5.75 Å². The van der Waals surface area contributed by atoms with Gasteiger partial charge in [-0.1, -0.05) is 38.1 Å². The number of fused-ring (bicyclic) bond motifs is 1. The van der Waals surface area contributed by atoms with Crippen LogP contribution in [-0.2, 0) is 4.79 Å². The predicted octanol–water partition coefficient (Wildman–Crippen LogP) is 3.33. The van der Waals surface area contributed by atoms with E-state index in [1.807, 2.05) is 38.1 Å². The lowest BCUT2D eigenvalue weighted by Crippen LogP contribution is -2.33. The molecule has 5 nitrogen and oxygen atoms in total. The monoisotopic (exact) mass is 329 g/mol. The van der Waals surface area contributed by atoms with Gasteiger partial charge in [0.05, 0.1) is 13.0 Å². The van der Waals surface area contributed by atoms with Crippen molar-refractivity contribution in [1.29, 1.82) is 0 Å². The van der Waals surface area contributed by atoms with Gasteiger partial charge in [-0.15, -0.1) is 0 Å². The first-order valence-electron chi connectivity index (χ1n) is 8.00. The lowest BCUT2D eigenvalue weighted by Gasteiger charge is -2.16. The summed E-state index contributed by atoms with van der Waals surface area (Å²) in [4.78, 5) is 23.8. The highest BCUT2D eigenvalue weighted by atomic mass is 16.5. The SMILES string of the molecule is COc1ccc(C(=O)NCC(CC(C)C)C(=O)O)c2ccccc12. The van der Waals surface area contributed by atoms with E-state index >= 15 is 0 Å². The lowest BCUT2D eigenvalue weighted by atomic mass is 9.97. The Morgan fingerprint density at radius 2 is 1.79 bits per heavy atom. The smallest absolute Gasteiger partial charge is 0.308 e.